The molecule has 106 valence electrons. The van der Waals surface area contributed by atoms with E-state index >= 15 is 0 Å². The van der Waals surface area contributed by atoms with Gasteiger partial charge >= 0.3 is 0 Å². The number of benzene rings is 2. The molecule has 3 nitrogen and oxygen atoms in total. The molecule has 5 heteroatoms. The highest BCUT2D eigenvalue weighted by Gasteiger charge is 2.25. The normalized spacial score (nSPS) is 18.1. The molecule has 2 aromatic rings. The number of hydrogen-bond donors (Lipinski definition) is 1. The van der Waals surface area contributed by atoms with Crippen LogP contribution in [-0.4, -0.2) is 11.5 Å². The van der Waals surface area contributed by atoms with Gasteiger partial charge in [-0.1, -0.05) is 30.3 Å². The molecule has 1 atom stereocenters. The maximum Gasteiger partial charge on any atom is 0.159 e. The van der Waals surface area contributed by atoms with Crippen LogP contribution in [0.4, 0.5) is 8.78 Å². The first-order valence-electron chi connectivity index (χ1n) is 6.55. The number of halogens is 2. The first-order chi connectivity index (χ1) is 10.1. The van der Waals surface area contributed by atoms with Crippen LogP contribution in [0.15, 0.2) is 58.7 Å². The van der Waals surface area contributed by atoms with E-state index < -0.39 is 11.6 Å². The fraction of sp³-hybridized carbons (Fsp3) is 0.125. The van der Waals surface area contributed by atoms with E-state index in [0.29, 0.717) is 23.5 Å². The molecule has 0 bridgehead atoms. The lowest BCUT2D eigenvalue weighted by Crippen LogP contribution is -2.25. The lowest BCUT2D eigenvalue weighted by Gasteiger charge is -2.22. The minimum Gasteiger partial charge on any atom is -0.386 e. The predicted molar refractivity (Wildman–Crippen MR) is 78.3 cm³/mol. The summed E-state index contributed by atoms with van der Waals surface area (Å²) in [4.78, 5) is 0. The molecule has 1 aliphatic heterocycles. The summed E-state index contributed by atoms with van der Waals surface area (Å²) >= 11 is 0. The Morgan fingerprint density at radius 2 is 1.71 bits per heavy atom. The van der Waals surface area contributed by atoms with Crippen LogP contribution in [0.5, 0.6) is 0 Å². The minimum atomic E-state index is -0.899. The van der Waals surface area contributed by atoms with E-state index in [1.165, 1.54) is 6.07 Å². The van der Waals surface area contributed by atoms with Crippen LogP contribution in [0.2, 0.25) is 0 Å². The second kappa shape index (κ2) is 5.44. The van der Waals surface area contributed by atoms with E-state index in [-0.39, 0.29) is 5.92 Å². The van der Waals surface area contributed by atoms with Crippen molar-refractivity contribution in [3.05, 3.63) is 71.3 Å². The summed E-state index contributed by atoms with van der Waals surface area (Å²) in [5, 5.41) is 7.98. The molecule has 2 N–H and O–H groups in total. The van der Waals surface area contributed by atoms with Gasteiger partial charge in [-0.05, 0) is 23.8 Å². The molecular weight excluding hydrogens is 272 g/mol. The van der Waals surface area contributed by atoms with E-state index in [2.05, 4.69) is 10.2 Å². The Hall–Kier alpha value is -2.56. The Balaban J connectivity index is 2.06. The zero-order valence-electron chi connectivity index (χ0n) is 11.1. The van der Waals surface area contributed by atoms with Crippen molar-refractivity contribution in [2.24, 2.45) is 15.9 Å². The summed E-state index contributed by atoms with van der Waals surface area (Å²) in [6.45, 7) is 0. The molecule has 0 saturated heterocycles. The van der Waals surface area contributed by atoms with Crippen LogP contribution >= 0.6 is 0 Å². The molecule has 0 aliphatic carbocycles. The third-order valence-corrected chi connectivity index (χ3v) is 3.45. The van der Waals surface area contributed by atoms with Gasteiger partial charge in [-0.15, -0.1) is 5.10 Å². The van der Waals surface area contributed by atoms with E-state index in [9.17, 15) is 8.78 Å². The molecule has 0 spiro atoms. The summed E-state index contributed by atoms with van der Waals surface area (Å²) in [7, 11) is 0. The maximum atomic E-state index is 13.4. The molecule has 0 radical (unpaired) electrons. The van der Waals surface area contributed by atoms with Gasteiger partial charge in [-0.25, -0.2) is 8.78 Å². The Morgan fingerprint density at radius 1 is 0.952 bits per heavy atom. The van der Waals surface area contributed by atoms with Crippen molar-refractivity contribution in [2.75, 3.05) is 0 Å². The molecule has 0 amide bonds. The van der Waals surface area contributed by atoms with Crippen LogP contribution in [0.3, 0.4) is 0 Å². The van der Waals surface area contributed by atoms with Gasteiger partial charge in [0.15, 0.2) is 11.6 Å². The monoisotopic (exact) mass is 285 g/mol. The van der Waals surface area contributed by atoms with Gasteiger partial charge < -0.3 is 5.73 Å². The lowest BCUT2D eigenvalue weighted by molar-refractivity contribution is 0.508. The first-order valence-corrected chi connectivity index (χ1v) is 6.55. The van der Waals surface area contributed by atoms with Crippen molar-refractivity contribution in [1.29, 1.82) is 0 Å². The number of nitrogens with two attached hydrogens (primary N) is 1. The molecule has 2 aromatic carbocycles. The van der Waals surface area contributed by atoms with Crippen LogP contribution in [0.1, 0.15) is 23.5 Å². The average Bonchev–Trinajstić information content (AvgIpc) is 2.51. The van der Waals surface area contributed by atoms with E-state index in [1.807, 2.05) is 30.3 Å². The van der Waals surface area contributed by atoms with Crippen LogP contribution in [0, 0.1) is 11.6 Å². The quantitative estimate of drug-likeness (QED) is 0.905. The van der Waals surface area contributed by atoms with Gasteiger partial charge in [0.25, 0.3) is 0 Å². The SMILES string of the molecule is NC1=NN=C(c2ccc(F)c(F)c2)C(c2ccccc2)C1. The molecule has 0 fully saturated rings. The largest absolute Gasteiger partial charge is 0.386 e. The second-order valence-electron chi connectivity index (χ2n) is 4.87. The number of hydrogen-bond acceptors (Lipinski definition) is 3. The molecular formula is C16H13F2N3. The van der Waals surface area contributed by atoms with Gasteiger partial charge in [0, 0.05) is 17.9 Å². The predicted octanol–water partition coefficient (Wildman–Crippen LogP) is 3.21. The molecule has 1 heterocycles. The van der Waals surface area contributed by atoms with Crippen molar-refractivity contribution < 1.29 is 8.78 Å². The highest BCUT2D eigenvalue weighted by atomic mass is 19.2. The smallest absolute Gasteiger partial charge is 0.159 e. The van der Waals surface area contributed by atoms with Crippen LogP contribution in [-0.2, 0) is 0 Å². The topological polar surface area (TPSA) is 50.7 Å². The van der Waals surface area contributed by atoms with E-state index in [0.717, 1.165) is 17.7 Å². The average molecular weight is 285 g/mol. The Morgan fingerprint density at radius 3 is 2.43 bits per heavy atom. The van der Waals surface area contributed by atoms with Crippen molar-refractivity contribution in [1.82, 2.24) is 0 Å². The van der Waals surface area contributed by atoms with Crippen molar-refractivity contribution in [3.8, 4) is 0 Å². The summed E-state index contributed by atoms with van der Waals surface area (Å²) < 4.78 is 26.5. The first kappa shape index (κ1) is 13.4. The number of nitrogens with zero attached hydrogens (tertiary/aromatic N) is 2. The number of rotatable bonds is 2. The summed E-state index contributed by atoms with van der Waals surface area (Å²) in [5.74, 6) is -1.47. The molecule has 0 aromatic heterocycles. The molecule has 21 heavy (non-hydrogen) atoms. The summed E-state index contributed by atoms with van der Waals surface area (Å²) in [5.41, 5.74) is 7.88. The van der Waals surface area contributed by atoms with Gasteiger partial charge in [-0.3, -0.25) is 0 Å². The van der Waals surface area contributed by atoms with Crippen LogP contribution in [0.25, 0.3) is 0 Å². The third kappa shape index (κ3) is 2.67. The van der Waals surface area contributed by atoms with Gasteiger partial charge in [0.1, 0.15) is 5.84 Å². The standard InChI is InChI=1S/C16H13F2N3/c17-13-7-6-11(8-14(13)18)16-12(9-15(19)20-21-16)10-4-2-1-3-5-10/h1-8,12H,9H2,(H2,19,20). The highest BCUT2D eigenvalue weighted by Crippen LogP contribution is 2.28. The minimum absolute atomic E-state index is 0.117. The molecule has 3 rings (SSSR count). The van der Waals surface area contributed by atoms with Crippen molar-refractivity contribution >= 4 is 11.5 Å². The van der Waals surface area contributed by atoms with Crippen LogP contribution < -0.4 is 5.73 Å². The number of amidine groups is 1. The third-order valence-electron chi connectivity index (χ3n) is 3.45. The van der Waals surface area contributed by atoms with E-state index in [1.54, 1.807) is 0 Å². The maximum absolute atomic E-state index is 13.4. The Labute approximate surface area is 120 Å². The van der Waals surface area contributed by atoms with E-state index in [4.69, 9.17) is 5.73 Å². The molecule has 1 aliphatic rings. The Kier molecular flexibility index (Phi) is 3.48. The second-order valence-corrected chi connectivity index (χ2v) is 4.87. The summed E-state index contributed by atoms with van der Waals surface area (Å²) in [6.07, 6.45) is 0.502. The van der Waals surface area contributed by atoms with Crippen molar-refractivity contribution in [2.45, 2.75) is 12.3 Å². The van der Waals surface area contributed by atoms with Gasteiger partial charge in [0.2, 0.25) is 0 Å². The fourth-order valence-electron chi connectivity index (χ4n) is 2.41. The molecule has 1 unspecified atom stereocenters. The Bertz CT molecular complexity index is 724. The zero-order chi connectivity index (χ0) is 14.8. The molecule has 0 saturated carbocycles. The summed E-state index contributed by atoms with van der Waals surface area (Å²) in [6, 6.07) is 13.4. The van der Waals surface area contributed by atoms with Gasteiger partial charge in [-0.2, -0.15) is 5.10 Å². The lowest BCUT2D eigenvalue weighted by atomic mass is 9.86. The fourth-order valence-corrected chi connectivity index (χ4v) is 2.41. The zero-order valence-corrected chi connectivity index (χ0v) is 11.1. The van der Waals surface area contributed by atoms with Crippen molar-refractivity contribution in [3.63, 3.8) is 0 Å². The highest BCUT2D eigenvalue weighted by molar-refractivity contribution is 6.08. The van der Waals surface area contributed by atoms with Gasteiger partial charge in [0.05, 0.1) is 5.71 Å².